The van der Waals surface area contributed by atoms with Gasteiger partial charge in [0, 0.05) is 6.61 Å². The summed E-state index contributed by atoms with van der Waals surface area (Å²) in [5, 5.41) is 17.8. The first-order valence-corrected chi connectivity index (χ1v) is 11.5. The summed E-state index contributed by atoms with van der Waals surface area (Å²) in [7, 11) is 0. The van der Waals surface area contributed by atoms with Gasteiger partial charge in [-0.1, -0.05) is 95.1 Å². The van der Waals surface area contributed by atoms with Crippen LogP contribution in [0.25, 0.3) is 0 Å². The molecule has 3 heteroatoms. The lowest BCUT2D eigenvalue weighted by Gasteiger charge is -2.19. The van der Waals surface area contributed by atoms with Gasteiger partial charge in [0.2, 0.25) is 0 Å². The van der Waals surface area contributed by atoms with Gasteiger partial charge in [-0.05, 0) is 43.9 Å². The van der Waals surface area contributed by atoms with Crippen LogP contribution in [0.1, 0.15) is 85.0 Å². The third-order valence-corrected chi connectivity index (χ3v) is 4.84. The van der Waals surface area contributed by atoms with Crippen molar-refractivity contribution in [2.75, 3.05) is 19.8 Å². The van der Waals surface area contributed by atoms with Crippen LogP contribution in [0.2, 0.25) is 0 Å². The summed E-state index contributed by atoms with van der Waals surface area (Å²) in [4.78, 5) is 0. The fourth-order valence-electron chi connectivity index (χ4n) is 2.93. The molecule has 0 aromatic rings. The maximum atomic E-state index is 8.89. The summed E-state index contributed by atoms with van der Waals surface area (Å²) in [5.74, 6) is 0. The molecule has 0 aromatic carbocycles. The zero-order chi connectivity index (χ0) is 21.6. The summed E-state index contributed by atoms with van der Waals surface area (Å²) in [6, 6.07) is 0. The zero-order valence-electron chi connectivity index (χ0n) is 19.2. The van der Waals surface area contributed by atoms with Crippen molar-refractivity contribution in [3.05, 3.63) is 48.6 Å². The van der Waals surface area contributed by atoms with Gasteiger partial charge < -0.3 is 14.9 Å². The number of aliphatic hydroxyl groups excluding tert-OH is 2. The first kappa shape index (κ1) is 27.8. The molecule has 168 valence electrons. The Morgan fingerprint density at radius 3 is 1.93 bits per heavy atom. The molecule has 0 spiro atoms. The second kappa shape index (κ2) is 20.1. The Morgan fingerprint density at radius 1 is 0.759 bits per heavy atom. The number of allylic oxidation sites excluding steroid dienone is 8. The SMILES string of the molecule is CCCCCCC(C)(C)/C=C\C/C=C\C/C=C\C/C=C\CCCOC(CO)CO. The maximum Gasteiger partial charge on any atom is 0.104 e. The third-order valence-electron chi connectivity index (χ3n) is 4.84. The van der Waals surface area contributed by atoms with Gasteiger partial charge in [-0.2, -0.15) is 0 Å². The Labute approximate surface area is 180 Å². The Kier molecular flexibility index (Phi) is 19.3. The van der Waals surface area contributed by atoms with Crippen LogP contribution in [0.4, 0.5) is 0 Å². The largest absolute Gasteiger partial charge is 0.394 e. The normalized spacial score (nSPS) is 13.3. The van der Waals surface area contributed by atoms with Crippen molar-refractivity contribution >= 4 is 0 Å². The van der Waals surface area contributed by atoms with Crippen molar-refractivity contribution < 1.29 is 14.9 Å². The van der Waals surface area contributed by atoms with Gasteiger partial charge in [0.05, 0.1) is 13.2 Å². The van der Waals surface area contributed by atoms with E-state index in [0.29, 0.717) is 12.0 Å². The second-order valence-corrected chi connectivity index (χ2v) is 8.32. The number of hydrogen-bond donors (Lipinski definition) is 2. The highest BCUT2D eigenvalue weighted by Gasteiger charge is 2.12. The Balaban J connectivity index is 3.67. The highest BCUT2D eigenvalue weighted by molar-refractivity contribution is 5.01. The Hall–Kier alpha value is -1.16. The summed E-state index contributed by atoms with van der Waals surface area (Å²) < 4.78 is 5.32. The van der Waals surface area contributed by atoms with Gasteiger partial charge in [0.25, 0.3) is 0 Å². The van der Waals surface area contributed by atoms with Crippen LogP contribution in [0.5, 0.6) is 0 Å². The molecule has 0 aliphatic heterocycles. The molecule has 0 aromatic heterocycles. The van der Waals surface area contributed by atoms with Crippen LogP contribution in [-0.2, 0) is 4.74 Å². The summed E-state index contributed by atoms with van der Waals surface area (Å²) in [5.41, 5.74) is 0.319. The lowest BCUT2D eigenvalue weighted by atomic mass is 9.86. The number of aliphatic hydroxyl groups is 2. The summed E-state index contributed by atoms with van der Waals surface area (Å²) in [6.07, 6.45) is 28.9. The van der Waals surface area contributed by atoms with E-state index in [0.717, 1.165) is 32.1 Å². The molecule has 3 nitrogen and oxygen atoms in total. The van der Waals surface area contributed by atoms with Gasteiger partial charge in [0.1, 0.15) is 6.10 Å². The topological polar surface area (TPSA) is 49.7 Å². The average Bonchev–Trinajstić information content (AvgIpc) is 2.71. The highest BCUT2D eigenvalue weighted by Crippen LogP contribution is 2.25. The van der Waals surface area contributed by atoms with Crippen molar-refractivity contribution in [2.45, 2.75) is 91.1 Å². The van der Waals surface area contributed by atoms with E-state index < -0.39 is 6.10 Å². The lowest BCUT2D eigenvalue weighted by molar-refractivity contribution is -0.0201. The first-order valence-electron chi connectivity index (χ1n) is 11.5. The van der Waals surface area contributed by atoms with Crippen molar-refractivity contribution in [3.63, 3.8) is 0 Å². The molecule has 0 heterocycles. The van der Waals surface area contributed by atoms with Crippen LogP contribution in [0.15, 0.2) is 48.6 Å². The van der Waals surface area contributed by atoms with Crippen molar-refractivity contribution in [3.8, 4) is 0 Å². The van der Waals surface area contributed by atoms with E-state index in [9.17, 15) is 0 Å². The summed E-state index contributed by atoms with van der Waals surface area (Å²) in [6.45, 7) is 7.25. The number of unbranched alkanes of at least 4 members (excludes halogenated alkanes) is 4. The Bertz CT molecular complexity index is 457. The van der Waals surface area contributed by atoms with Gasteiger partial charge in [-0.3, -0.25) is 0 Å². The van der Waals surface area contributed by atoms with Crippen molar-refractivity contribution in [1.82, 2.24) is 0 Å². The molecule has 0 aliphatic carbocycles. The van der Waals surface area contributed by atoms with Crippen LogP contribution in [-0.4, -0.2) is 36.1 Å². The third kappa shape index (κ3) is 19.9. The molecular formula is C26H46O3. The predicted octanol–water partition coefficient (Wildman–Crippen LogP) is 6.53. The maximum absolute atomic E-state index is 8.89. The van der Waals surface area contributed by atoms with Gasteiger partial charge >= 0.3 is 0 Å². The number of ether oxygens (including phenoxy) is 1. The summed E-state index contributed by atoms with van der Waals surface area (Å²) >= 11 is 0. The minimum Gasteiger partial charge on any atom is -0.394 e. The molecule has 2 N–H and O–H groups in total. The quantitative estimate of drug-likeness (QED) is 0.189. The van der Waals surface area contributed by atoms with E-state index in [1.165, 1.54) is 32.1 Å². The molecule has 0 saturated heterocycles. The van der Waals surface area contributed by atoms with Gasteiger partial charge in [-0.15, -0.1) is 0 Å². The Morgan fingerprint density at radius 2 is 1.34 bits per heavy atom. The molecule has 0 aliphatic rings. The van der Waals surface area contributed by atoms with Gasteiger partial charge in [0.15, 0.2) is 0 Å². The minimum atomic E-state index is -0.438. The van der Waals surface area contributed by atoms with E-state index in [1.807, 2.05) is 0 Å². The molecule has 0 rings (SSSR count). The lowest BCUT2D eigenvalue weighted by Crippen LogP contribution is -2.22. The fraction of sp³-hybridized carbons (Fsp3) is 0.692. The molecule has 0 bridgehead atoms. The minimum absolute atomic E-state index is 0.126. The van der Waals surface area contributed by atoms with E-state index in [4.69, 9.17) is 14.9 Å². The van der Waals surface area contributed by atoms with E-state index >= 15 is 0 Å². The molecule has 0 amide bonds. The molecule has 0 atom stereocenters. The van der Waals surface area contributed by atoms with Crippen molar-refractivity contribution in [1.29, 1.82) is 0 Å². The highest BCUT2D eigenvalue weighted by atomic mass is 16.5. The molecule has 0 fully saturated rings. The number of rotatable bonds is 19. The van der Waals surface area contributed by atoms with E-state index in [1.54, 1.807) is 0 Å². The van der Waals surface area contributed by atoms with Crippen molar-refractivity contribution in [2.24, 2.45) is 5.41 Å². The van der Waals surface area contributed by atoms with Crippen LogP contribution < -0.4 is 0 Å². The fourth-order valence-corrected chi connectivity index (χ4v) is 2.93. The van der Waals surface area contributed by atoms with E-state index in [-0.39, 0.29) is 13.2 Å². The first-order chi connectivity index (χ1) is 14.1. The zero-order valence-corrected chi connectivity index (χ0v) is 19.2. The van der Waals surface area contributed by atoms with Crippen LogP contribution >= 0.6 is 0 Å². The average molecular weight is 407 g/mol. The van der Waals surface area contributed by atoms with Crippen LogP contribution in [0.3, 0.4) is 0 Å². The predicted molar refractivity (Wildman–Crippen MR) is 126 cm³/mol. The second-order valence-electron chi connectivity index (χ2n) is 8.32. The van der Waals surface area contributed by atoms with Gasteiger partial charge in [-0.25, -0.2) is 0 Å². The molecule has 29 heavy (non-hydrogen) atoms. The molecular weight excluding hydrogens is 360 g/mol. The molecule has 0 saturated carbocycles. The monoisotopic (exact) mass is 406 g/mol. The van der Waals surface area contributed by atoms with E-state index in [2.05, 4.69) is 69.4 Å². The molecule has 0 unspecified atom stereocenters. The standard InChI is InChI=1S/C26H46O3/c1-4-5-6-17-20-26(2,3)21-18-15-13-11-9-7-8-10-12-14-16-19-22-29-25(23-27)24-28/h7-8,11-14,18,21,25,27-28H,4-6,9-10,15-17,19-20,22-24H2,1-3H3/b8-7-,13-11-,14-12-,21-18-. The van der Waals surface area contributed by atoms with Crippen LogP contribution in [0, 0.1) is 5.41 Å². The smallest absolute Gasteiger partial charge is 0.104 e. The number of hydrogen-bond acceptors (Lipinski definition) is 3. The molecule has 0 radical (unpaired) electrons.